The van der Waals surface area contributed by atoms with E-state index in [-0.39, 0.29) is 11.7 Å². The van der Waals surface area contributed by atoms with Gasteiger partial charge in [0.2, 0.25) is 0 Å². The van der Waals surface area contributed by atoms with Gasteiger partial charge < -0.3 is 10.5 Å². The average molecular weight is 337 g/mol. The summed E-state index contributed by atoms with van der Waals surface area (Å²) in [7, 11) is 0. The monoisotopic (exact) mass is 336 g/mol. The second-order valence-corrected chi connectivity index (χ2v) is 5.28. The van der Waals surface area contributed by atoms with E-state index in [1.807, 2.05) is 19.1 Å². The maximum absolute atomic E-state index is 10.8. The molecular weight excluding hydrogens is 324 g/mol. The Morgan fingerprint density at radius 1 is 1.20 bits per heavy atom. The zero-order valence-corrected chi connectivity index (χ0v) is 12.3. The SMILES string of the molecule is C[C@@H](N)c1ccc(Oc2cc(Br)cc([N+](=O)[O-])c2)cc1. The zero-order chi connectivity index (χ0) is 14.7. The van der Waals surface area contributed by atoms with Crippen LogP contribution >= 0.6 is 15.9 Å². The van der Waals surface area contributed by atoms with E-state index >= 15 is 0 Å². The summed E-state index contributed by atoms with van der Waals surface area (Å²) >= 11 is 3.22. The average Bonchev–Trinajstić information content (AvgIpc) is 2.38. The van der Waals surface area contributed by atoms with Crippen molar-refractivity contribution >= 4 is 21.6 Å². The second-order valence-electron chi connectivity index (χ2n) is 4.36. The number of halogens is 1. The highest BCUT2D eigenvalue weighted by molar-refractivity contribution is 9.10. The minimum absolute atomic E-state index is 0.0263. The van der Waals surface area contributed by atoms with Crippen molar-refractivity contribution in [2.45, 2.75) is 13.0 Å². The van der Waals surface area contributed by atoms with Gasteiger partial charge in [0.05, 0.1) is 11.0 Å². The summed E-state index contributed by atoms with van der Waals surface area (Å²) in [6, 6.07) is 11.7. The molecular formula is C14H13BrN2O3. The summed E-state index contributed by atoms with van der Waals surface area (Å²) < 4.78 is 6.20. The summed E-state index contributed by atoms with van der Waals surface area (Å²) in [6.07, 6.45) is 0. The van der Waals surface area contributed by atoms with Crippen molar-refractivity contribution in [1.82, 2.24) is 0 Å². The Labute approximate surface area is 124 Å². The van der Waals surface area contributed by atoms with Crippen molar-refractivity contribution in [2.24, 2.45) is 5.73 Å². The van der Waals surface area contributed by atoms with Gasteiger partial charge in [0.1, 0.15) is 11.5 Å². The standard InChI is InChI=1S/C14H13BrN2O3/c1-9(16)10-2-4-13(5-3-10)20-14-7-11(15)6-12(8-14)17(18)19/h2-9H,16H2,1H3/t9-/m1/s1. The largest absolute Gasteiger partial charge is 0.457 e. The van der Waals surface area contributed by atoms with Crippen LogP contribution in [0.3, 0.4) is 0 Å². The molecule has 0 radical (unpaired) electrons. The molecule has 2 aromatic rings. The molecule has 104 valence electrons. The van der Waals surface area contributed by atoms with Crippen molar-refractivity contribution in [2.75, 3.05) is 0 Å². The van der Waals surface area contributed by atoms with Crippen LogP contribution in [0.4, 0.5) is 5.69 Å². The molecule has 0 saturated carbocycles. The van der Waals surface area contributed by atoms with Crippen molar-refractivity contribution in [3.8, 4) is 11.5 Å². The molecule has 0 saturated heterocycles. The number of nitro benzene ring substituents is 1. The minimum atomic E-state index is -0.461. The van der Waals surface area contributed by atoms with E-state index in [2.05, 4.69) is 15.9 Å². The van der Waals surface area contributed by atoms with Crippen molar-refractivity contribution < 1.29 is 9.66 Å². The van der Waals surface area contributed by atoms with Gasteiger partial charge in [-0.3, -0.25) is 10.1 Å². The molecule has 0 unspecified atom stereocenters. The molecule has 0 spiro atoms. The fourth-order valence-electron chi connectivity index (χ4n) is 1.69. The highest BCUT2D eigenvalue weighted by atomic mass is 79.9. The van der Waals surface area contributed by atoms with Gasteiger partial charge in [-0.2, -0.15) is 0 Å². The summed E-state index contributed by atoms with van der Waals surface area (Å²) in [5.41, 5.74) is 6.74. The minimum Gasteiger partial charge on any atom is -0.457 e. The fraction of sp³-hybridized carbons (Fsp3) is 0.143. The van der Waals surface area contributed by atoms with Crippen molar-refractivity contribution in [3.63, 3.8) is 0 Å². The van der Waals surface area contributed by atoms with E-state index in [1.165, 1.54) is 12.1 Å². The molecule has 0 aromatic heterocycles. The third-order valence-electron chi connectivity index (χ3n) is 2.71. The van der Waals surface area contributed by atoms with Gasteiger partial charge in [-0.05, 0) is 30.7 Å². The molecule has 0 amide bonds. The van der Waals surface area contributed by atoms with Crippen LogP contribution in [0.15, 0.2) is 46.9 Å². The van der Waals surface area contributed by atoms with Gasteiger partial charge >= 0.3 is 0 Å². The fourth-order valence-corrected chi connectivity index (χ4v) is 2.15. The molecule has 0 bridgehead atoms. The van der Waals surface area contributed by atoms with Gasteiger partial charge in [0.15, 0.2) is 0 Å². The molecule has 5 nitrogen and oxygen atoms in total. The quantitative estimate of drug-likeness (QED) is 0.671. The Morgan fingerprint density at radius 2 is 1.85 bits per heavy atom. The molecule has 0 aliphatic carbocycles. The molecule has 0 fully saturated rings. The van der Waals surface area contributed by atoms with Gasteiger partial charge in [0, 0.05) is 16.6 Å². The van der Waals surface area contributed by atoms with Crippen LogP contribution in [-0.4, -0.2) is 4.92 Å². The van der Waals surface area contributed by atoms with Gasteiger partial charge in [-0.1, -0.05) is 28.1 Å². The number of hydrogen-bond donors (Lipinski definition) is 1. The Morgan fingerprint density at radius 3 is 2.40 bits per heavy atom. The van der Waals surface area contributed by atoms with E-state index in [4.69, 9.17) is 10.5 Å². The van der Waals surface area contributed by atoms with Crippen LogP contribution < -0.4 is 10.5 Å². The Balaban J connectivity index is 2.23. The third kappa shape index (κ3) is 3.55. The van der Waals surface area contributed by atoms with E-state index in [0.29, 0.717) is 16.0 Å². The zero-order valence-electron chi connectivity index (χ0n) is 10.7. The van der Waals surface area contributed by atoms with Gasteiger partial charge in [-0.25, -0.2) is 0 Å². The van der Waals surface area contributed by atoms with E-state index in [1.54, 1.807) is 18.2 Å². The number of non-ortho nitro benzene ring substituents is 1. The summed E-state index contributed by atoms with van der Waals surface area (Å²) in [5, 5.41) is 10.8. The van der Waals surface area contributed by atoms with Gasteiger partial charge in [0.25, 0.3) is 5.69 Å². The van der Waals surface area contributed by atoms with Crippen LogP contribution in [0.1, 0.15) is 18.5 Å². The number of nitro groups is 1. The highest BCUT2D eigenvalue weighted by Gasteiger charge is 2.10. The van der Waals surface area contributed by atoms with Crippen molar-refractivity contribution in [1.29, 1.82) is 0 Å². The molecule has 2 aromatic carbocycles. The van der Waals surface area contributed by atoms with E-state index in [9.17, 15) is 10.1 Å². The van der Waals surface area contributed by atoms with Crippen LogP contribution in [0.5, 0.6) is 11.5 Å². The number of hydrogen-bond acceptors (Lipinski definition) is 4. The highest BCUT2D eigenvalue weighted by Crippen LogP contribution is 2.30. The molecule has 2 N–H and O–H groups in total. The van der Waals surface area contributed by atoms with E-state index in [0.717, 1.165) is 5.56 Å². The molecule has 20 heavy (non-hydrogen) atoms. The summed E-state index contributed by atoms with van der Waals surface area (Å²) in [4.78, 5) is 10.3. The normalized spacial score (nSPS) is 11.9. The maximum Gasteiger partial charge on any atom is 0.274 e. The lowest BCUT2D eigenvalue weighted by Crippen LogP contribution is -2.04. The second kappa shape index (κ2) is 6.02. The lowest BCUT2D eigenvalue weighted by Gasteiger charge is -2.09. The number of nitrogens with two attached hydrogens (primary N) is 1. The predicted molar refractivity (Wildman–Crippen MR) is 79.9 cm³/mol. The first-order valence-corrected chi connectivity index (χ1v) is 6.73. The number of rotatable bonds is 4. The Kier molecular flexibility index (Phi) is 4.36. The Hall–Kier alpha value is -1.92. The maximum atomic E-state index is 10.8. The smallest absolute Gasteiger partial charge is 0.274 e. The van der Waals surface area contributed by atoms with E-state index < -0.39 is 4.92 Å². The lowest BCUT2D eigenvalue weighted by atomic mass is 10.1. The molecule has 0 heterocycles. The first-order valence-electron chi connectivity index (χ1n) is 5.94. The van der Waals surface area contributed by atoms with Crippen LogP contribution in [0.2, 0.25) is 0 Å². The predicted octanol–water partition coefficient (Wildman–Crippen LogP) is 4.17. The molecule has 6 heteroatoms. The summed E-state index contributed by atoms with van der Waals surface area (Å²) in [6.45, 7) is 1.90. The molecule has 2 rings (SSSR count). The summed E-state index contributed by atoms with van der Waals surface area (Å²) in [5.74, 6) is 1.00. The topological polar surface area (TPSA) is 78.4 Å². The van der Waals surface area contributed by atoms with Crippen molar-refractivity contribution in [3.05, 3.63) is 62.6 Å². The first-order chi connectivity index (χ1) is 9.45. The molecule has 0 aliphatic rings. The number of ether oxygens (including phenoxy) is 1. The first kappa shape index (κ1) is 14.5. The van der Waals surface area contributed by atoms with Gasteiger partial charge in [-0.15, -0.1) is 0 Å². The van der Waals surface area contributed by atoms with Crippen LogP contribution in [0.25, 0.3) is 0 Å². The third-order valence-corrected chi connectivity index (χ3v) is 3.17. The van der Waals surface area contributed by atoms with Crippen LogP contribution in [-0.2, 0) is 0 Å². The van der Waals surface area contributed by atoms with Crippen LogP contribution in [0, 0.1) is 10.1 Å². The molecule has 0 aliphatic heterocycles. The number of nitrogens with zero attached hydrogens (tertiary/aromatic N) is 1. The Bertz CT molecular complexity index is 627. The lowest BCUT2D eigenvalue weighted by molar-refractivity contribution is -0.385. The number of benzene rings is 2. The molecule has 1 atom stereocenters.